The highest BCUT2D eigenvalue weighted by Gasteiger charge is 2.56. The third-order valence-electron chi connectivity index (χ3n) is 14.7. The first-order chi connectivity index (χ1) is 42.6. The third-order valence-corrected chi connectivity index (χ3v) is 24.0. The molecule has 4 bridgehead atoms. The summed E-state index contributed by atoms with van der Waals surface area (Å²) in [6, 6.07) is 3.05. The summed E-state index contributed by atoms with van der Waals surface area (Å²) in [5.74, 6) is -0.422. The molecule has 4 unspecified atom stereocenters. The normalized spacial score (nSPS) is 37.7. The van der Waals surface area contributed by atoms with Crippen LogP contribution in [0.15, 0.2) is 59.4 Å². The van der Waals surface area contributed by atoms with Crippen LogP contribution in [0.2, 0.25) is 0 Å². The molecule has 20 atom stereocenters. The van der Waals surface area contributed by atoms with E-state index in [2.05, 4.69) is 62.1 Å². The second-order valence-corrected chi connectivity index (χ2v) is 34.3. The van der Waals surface area contributed by atoms with Crippen molar-refractivity contribution in [3.8, 4) is 0 Å². The summed E-state index contributed by atoms with van der Waals surface area (Å²) in [6.07, 6.45) is -11.6. The lowest BCUT2D eigenvalue weighted by Crippen LogP contribution is -2.34. The minimum Gasteiger partial charge on any atom is -0.397 e. The van der Waals surface area contributed by atoms with Crippen LogP contribution >= 0.6 is 62.7 Å². The molecule has 0 radical (unpaired) electrons. The lowest BCUT2D eigenvalue weighted by molar-refractivity contribution is -0.0440. The highest BCUT2D eigenvalue weighted by Crippen LogP contribution is 2.62. The summed E-state index contributed by atoms with van der Waals surface area (Å²) < 4.78 is 139. The van der Waals surface area contributed by atoms with E-state index >= 15 is 17.6 Å². The van der Waals surface area contributed by atoms with E-state index in [1.165, 1.54) is 68.1 Å². The van der Waals surface area contributed by atoms with Crippen LogP contribution in [-0.4, -0.2) is 181 Å². The molecule has 6 aliphatic heterocycles. The van der Waals surface area contributed by atoms with E-state index in [0.29, 0.717) is 22.4 Å². The molecule has 0 aromatic carbocycles. The van der Waals surface area contributed by atoms with Gasteiger partial charge in [0.2, 0.25) is 11.9 Å². The number of hydrogen-bond donors (Lipinski definition) is 10. The maximum atomic E-state index is 16.0. The number of fused-ring (bicyclic) bond motifs is 10. The van der Waals surface area contributed by atoms with Crippen molar-refractivity contribution in [1.82, 2.24) is 68.1 Å². The van der Waals surface area contributed by atoms with E-state index in [-0.39, 0.29) is 45.5 Å². The first kappa shape index (κ1) is 64.3. The molecule has 90 heavy (non-hydrogen) atoms. The van der Waals surface area contributed by atoms with Crippen LogP contribution in [0.25, 0.3) is 44.7 Å². The number of H-pyrrole nitrogens is 2. The Labute approximate surface area is 528 Å². The molecule has 0 amide bonds. The van der Waals surface area contributed by atoms with Gasteiger partial charge in [-0.1, -0.05) is 12.2 Å². The zero-order chi connectivity index (χ0) is 63.7. The molecule has 8 aromatic heterocycles. The molecule has 14 rings (SSSR count). The van der Waals surface area contributed by atoms with E-state index in [1.807, 2.05) is 0 Å². The highest BCUT2D eigenvalue weighted by atomic mass is 32.7. The molecule has 6 aliphatic rings. The summed E-state index contributed by atoms with van der Waals surface area (Å²) >= 11 is 21.5. The fourth-order valence-electron chi connectivity index (χ4n) is 10.6. The molecule has 48 heteroatoms. The van der Waals surface area contributed by atoms with Crippen molar-refractivity contribution in [3.63, 3.8) is 0 Å². The number of nitrogens with two attached hydrogens (primary N) is 4. The Kier molecular flexibility index (Phi) is 17.4. The van der Waals surface area contributed by atoms with Crippen LogP contribution in [-0.2, 0) is 85.6 Å². The number of rotatable bonds is 4. The Balaban J connectivity index is 0.000000165. The number of aromatic nitrogens is 14. The molecule has 0 spiro atoms. The molecular formula is C42H46F4N18O16P4S6. The third kappa shape index (κ3) is 12.3. The number of imidazole rings is 4. The van der Waals surface area contributed by atoms with Crippen LogP contribution in [0.3, 0.4) is 0 Å². The van der Waals surface area contributed by atoms with Crippen LogP contribution < -0.4 is 34.1 Å². The number of halogens is 4. The number of pyridine rings is 2. The largest absolute Gasteiger partial charge is 0.397 e. The van der Waals surface area contributed by atoms with Crippen LogP contribution in [0.1, 0.15) is 23.2 Å². The number of nitrogen functional groups attached to an aromatic ring is 4. The van der Waals surface area contributed by atoms with E-state index < -0.39 is 160 Å². The van der Waals surface area contributed by atoms with Crippen molar-refractivity contribution in [2.75, 3.05) is 49.4 Å². The number of nitrogens with one attached hydrogen (secondary N) is 2. The molecule has 8 aromatic rings. The Bertz CT molecular complexity index is 4180. The topological polar surface area (TPSA) is 463 Å². The number of anilines is 4. The highest BCUT2D eigenvalue weighted by molar-refractivity contribution is 8.44. The van der Waals surface area contributed by atoms with Gasteiger partial charge in [-0.2, -0.15) is 9.97 Å². The Hall–Kier alpha value is -4.43. The summed E-state index contributed by atoms with van der Waals surface area (Å²) in [4.78, 5) is 95.3. The van der Waals surface area contributed by atoms with Gasteiger partial charge in [0.05, 0.1) is 73.6 Å². The molecule has 0 saturated carbocycles. The molecular weight excluding hydrogens is 1400 g/mol. The fourth-order valence-corrected chi connectivity index (χ4v) is 19.7. The summed E-state index contributed by atoms with van der Waals surface area (Å²) in [5, 5.41) is -4.23. The van der Waals surface area contributed by atoms with Gasteiger partial charge < -0.3 is 60.7 Å². The van der Waals surface area contributed by atoms with Crippen LogP contribution in [0, 0.1) is 0 Å². The lowest BCUT2D eigenvalue weighted by atomic mass is 10.1. The minimum atomic E-state index is -4.41. The Morgan fingerprint density at radius 1 is 0.533 bits per heavy atom. The number of hydrogen-bond acceptors (Lipinski definition) is 30. The first-order valence-electron chi connectivity index (χ1n) is 26.0. The molecule has 34 nitrogen and oxygen atoms in total. The van der Waals surface area contributed by atoms with Crippen molar-refractivity contribution in [1.29, 1.82) is 0 Å². The van der Waals surface area contributed by atoms with Crippen LogP contribution in [0.4, 0.5) is 40.8 Å². The number of thioether (sulfide) groups is 2. The zero-order valence-electron chi connectivity index (χ0n) is 44.8. The maximum Gasteiger partial charge on any atom is 0.386 e. The van der Waals surface area contributed by atoms with Gasteiger partial charge in [0, 0.05) is 12.4 Å². The number of aromatic amines is 2. The van der Waals surface area contributed by atoms with Gasteiger partial charge in [0.25, 0.3) is 11.1 Å². The van der Waals surface area contributed by atoms with Crippen molar-refractivity contribution in [2.45, 2.75) is 95.0 Å². The maximum absolute atomic E-state index is 16.0. The van der Waals surface area contributed by atoms with E-state index in [1.54, 1.807) is 0 Å². The molecule has 6 saturated heterocycles. The first-order valence-corrected chi connectivity index (χ1v) is 38.4. The number of alkyl halides is 4. The fraction of sp³-hybridized carbons (Fsp3) is 0.476. The number of ether oxygens (including phenoxy) is 2. The Morgan fingerprint density at radius 3 is 1.36 bits per heavy atom. The van der Waals surface area contributed by atoms with Gasteiger partial charge in [-0.3, -0.25) is 60.4 Å². The Morgan fingerprint density at radius 2 is 0.911 bits per heavy atom. The summed E-state index contributed by atoms with van der Waals surface area (Å²) in [7, 11) is 0. The molecule has 484 valence electrons. The van der Waals surface area contributed by atoms with E-state index in [4.69, 9.17) is 104 Å². The minimum absolute atomic E-state index is 0.00764. The van der Waals surface area contributed by atoms with Crippen molar-refractivity contribution in [2.24, 2.45) is 0 Å². The monoisotopic (exact) mass is 1450 g/mol. The van der Waals surface area contributed by atoms with Crippen molar-refractivity contribution in [3.05, 3.63) is 70.5 Å². The average molecular weight is 1450 g/mol. The second-order valence-electron chi connectivity index (χ2n) is 20.4. The molecule has 14 heterocycles. The summed E-state index contributed by atoms with van der Waals surface area (Å²) in [5.41, 5.74) is 23.6. The standard InChI is InChI=1S/2C21H23F2N9O8P2S3/c2*22-10-9-4-37-42(35,44)39-14-8(38-19(11(14)23)31-5-27-12-7(24)1-2-26-16(12)31)3-36-41(34,43)40-15(10)20(45-9)32-6-28-13-17(32)29-21(25)30-18(13)33/h2*1-2,5-6,8-11,14-15,19-20H,3-4H2,(H2,24,26)(H,34,43)(H,35,44)(H3,25,29,30,33)/t2*8-,9-,10-,11+,14-,15-,19-,20-,41?,42?/m11/s1. The molecule has 13 N–H and O–H groups in total. The van der Waals surface area contributed by atoms with Crippen molar-refractivity contribution >= 4 is 166 Å². The van der Waals surface area contributed by atoms with Gasteiger partial charge in [0.1, 0.15) is 70.7 Å². The number of nitrogens with zero attached hydrogens (tertiary/aromatic N) is 12. The van der Waals surface area contributed by atoms with Gasteiger partial charge in [-0.25, -0.2) is 52.0 Å². The predicted octanol–water partition coefficient (Wildman–Crippen LogP) is 3.16. The number of thiol groups is 1. The van der Waals surface area contributed by atoms with E-state index in [9.17, 15) is 28.8 Å². The van der Waals surface area contributed by atoms with Crippen molar-refractivity contribution < 1.29 is 82.5 Å². The molecule has 6 fully saturated rings. The second kappa shape index (κ2) is 24.4. The lowest BCUT2D eigenvalue weighted by Gasteiger charge is -2.27. The average Bonchev–Trinajstić information content (AvgIpc) is 1.81. The smallest absolute Gasteiger partial charge is 0.386 e. The van der Waals surface area contributed by atoms with Crippen LogP contribution in [0.5, 0.6) is 0 Å². The predicted molar refractivity (Wildman–Crippen MR) is 327 cm³/mol. The van der Waals surface area contributed by atoms with Gasteiger partial charge in [-0.05, 0) is 47.6 Å². The van der Waals surface area contributed by atoms with Gasteiger partial charge >= 0.3 is 27.0 Å². The van der Waals surface area contributed by atoms with Gasteiger partial charge in [0.15, 0.2) is 58.4 Å². The quantitative estimate of drug-likeness (QED) is 0.0687. The van der Waals surface area contributed by atoms with Gasteiger partial charge in [-0.15, -0.1) is 23.5 Å². The van der Waals surface area contributed by atoms with E-state index in [0.717, 1.165) is 23.5 Å². The zero-order valence-corrected chi connectivity index (χ0v) is 53.4. The molecule has 0 aliphatic carbocycles. The summed E-state index contributed by atoms with van der Waals surface area (Å²) in [6.45, 7) is -19.5. The SMILES string of the molecule is Nc1nc2c(ncn2[C@@H]2S[C@@H]3COP(O)(=S)O[C@H]4[C@H](F)[C@H](n5cnc6c(N)ccnc65)O[C@@H]4COP(=O)(S)O[C@@H]2[C@@H]3F)c(=O)[nH]1.Nc1nc2c(ncn2[C@@H]2S[C@@H]3COP(O)(=S)O[C@H]4[C@H](F)[C@H](n5cnc6c(N)ccnc65)O[C@@H]4COP(O)(=S)O[C@@H]2[C@@H]3F)c(=O)[nH]1.